The number of nitrogens with one attached hydrogen (secondary N) is 3. The third-order valence-electron chi connectivity index (χ3n) is 3.29. The van der Waals surface area contributed by atoms with E-state index in [1.54, 1.807) is 24.3 Å². The number of benzene rings is 2. The van der Waals surface area contributed by atoms with Gasteiger partial charge >= 0.3 is 0 Å². The van der Waals surface area contributed by atoms with Crippen molar-refractivity contribution < 1.29 is 24.0 Å². The lowest BCUT2D eigenvalue weighted by Gasteiger charge is -2.12. The molecule has 3 N–H and O–H groups in total. The highest BCUT2D eigenvalue weighted by atomic mass is 32.1. The van der Waals surface area contributed by atoms with Gasteiger partial charge in [-0.3, -0.25) is 35.9 Å². The number of thiocarbonyl (C=S) groups is 1. The van der Waals surface area contributed by atoms with Crippen molar-refractivity contribution >= 4 is 34.8 Å². The number of hydrogen-bond acceptors (Lipinski definition) is 7. The van der Waals surface area contributed by atoms with E-state index in [4.69, 9.17) is 21.7 Å². The first-order chi connectivity index (χ1) is 13.4. The molecule has 0 bridgehead atoms. The van der Waals surface area contributed by atoms with E-state index in [1.807, 2.05) is 0 Å². The molecule has 0 atom stereocenters. The van der Waals surface area contributed by atoms with Crippen molar-refractivity contribution in [1.82, 2.24) is 16.2 Å². The second-order valence-corrected chi connectivity index (χ2v) is 5.61. The van der Waals surface area contributed by atoms with Crippen molar-refractivity contribution in [3.63, 3.8) is 0 Å². The standard InChI is InChI=1S/C17H16N4O6S/c1-26-13-7-2-3-8-14(13)27-10-15(22)19-20-17(28)18-16(23)11-5-4-6-12(9-11)21(24)25/h2-9H,10H2,1H3,(H,19,22)(H2,18,20,23,28). The van der Waals surface area contributed by atoms with E-state index < -0.39 is 16.7 Å². The van der Waals surface area contributed by atoms with E-state index in [2.05, 4.69) is 16.2 Å². The number of para-hydroxylation sites is 2. The molecule has 0 heterocycles. The molecule has 0 fully saturated rings. The summed E-state index contributed by atoms with van der Waals surface area (Å²) >= 11 is 4.90. The Morgan fingerprint density at radius 1 is 1.11 bits per heavy atom. The molecule has 2 amide bonds. The fourth-order valence-corrected chi connectivity index (χ4v) is 2.15. The first-order valence-corrected chi connectivity index (χ1v) is 8.22. The molecule has 2 aromatic carbocycles. The third kappa shape index (κ3) is 5.92. The molecule has 146 valence electrons. The second-order valence-electron chi connectivity index (χ2n) is 5.20. The van der Waals surface area contributed by atoms with E-state index in [1.165, 1.54) is 25.3 Å². The van der Waals surface area contributed by atoms with Crippen LogP contribution in [0.15, 0.2) is 48.5 Å². The van der Waals surface area contributed by atoms with Gasteiger partial charge in [0.2, 0.25) is 0 Å². The molecule has 28 heavy (non-hydrogen) atoms. The predicted molar refractivity (Wildman–Crippen MR) is 103 cm³/mol. The molecule has 0 aromatic heterocycles. The fourth-order valence-electron chi connectivity index (χ4n) is 2.01. The first-order valence-electron chi connectivity index (χ1n) is 7.81. The maximum atomic E-state index is 12.0. The Kier molecular flexibility index (Phi) is 7.22. The van der Waals surface area contributed by atoms with Gasteiger partial charge in [-0.15, -0.1) is 0 Å². The summed E-state index contributed by atoms with van der Waals surface area (Å²) in [7, 11) is 1.48. The summed E-state index contributed by atoms with van der Waals surface area (Å²) in [5, 5.41) is 12.8. The van der Waals surface area contributed by atoms with E-state index in [0.717, 1.165) is 6.07 Å². The number of methoxy groups -OCH3 is 1. The minimum atomic E-state index is -0.666. The van der Waals surface area contributed by atoms with Gasteiger partial charge in [0.15, 0.2) is 23.2 Å². The number of rotatable bonds is 6. The Balaban J connectivity index is 1.80. The average Bonchev–Trinajstić information content (AvgIpc) is 2.70. The van der Waals surface area contributed by atoms with Crippen molar-refractivity contribution in [1.29, 1.82) is 0 Å². The van der Waals surface area contributed by atoms with Gasteiger partial charge in [-0.2, -0.15) is 0 Å². The fraction of sp³-hybridized carbons (Fsp3) is 0.118. The number of carbonyl (C=O) groups is 2. The Morgan fingerprint density at radius 2 is 1.82 bits per heavy atom. The molecule has 0 unspecified atom stereocenters. The zero-order valence-electron chi connectivity index (χ0n) is 14.6. The predicted octanol–water partition coefficient (Wildman–Crippen LogP) is 1.32. The lowest BCUT2D eigenvalue weighted by atomic mass is 10.2. The minimum Gasteiger partial charge on any atom is -0.493 e. The lowest BCUT2D eigenvalue weighted by molar-refractivity contribution is -0.384. The van der Waals surface area contributed by atoms with Gasteiger partial charge in [0, 0.05) is 17.7 Å². The summed E-state index contributed by atoms with van der Waals surface area (Å²) < 4.78 is 10.4. The molecule has 2 rings (SSSR count). The van der Waals surface area contributed by atoms with Gasteiger partial charge in [0.1, 0.15) is 0 Å². The largest absolute Gasteiger partial charge is 0.493 e. The molecular formula is C17H16N4O6S. The number of nitro groups is 1. The van der Waals surface area contributed by atoms with Gasteiger partial charge in [-0.05, 0) is 30.4 Å². The molecule has 0 radical (unpaired) electrons. The quantitative estimate of drug-likeness (QED) is 0.373. The molecule has 0 aliphatic carbocycles. The molecular weight excluding hydrogens is 388 g/mol. The second kappa shape index (κ2) is 9.83. The van der Waals surface area contributed by atoms with Crippen molar-refractivity contribution in [2.24, 2.45) is 0 Å². The lowest BCUT2D eigenvalue weighted by Crippen LogP contribution is -2.49. The number of nitro benzene ring substituents is 1. The number of non-ortho nitro benzene ring substituents is 1. The van der Waals surface area contributed by atoms with E-state index in [9.17, 15) is 19.7 Å². The average molecular weight is 404 g/mol. The highest BCUT2D eigenvalue weighted by molar-refractivity contribution is 7.80. The van der Waals surface area contributed by atoms with Crippen molar-refractivity contribution in [3.8, 4) is 11.5 Å². The van der Waals surface area contributed by atoms with Crippen LogP contribution in [0.5, 0.6) is 11.5 Å². The SMILES string of the molecule is COc1ccccc1OCC(=O)NNC(=S)NC(=O)c1cccc([N+](=O)[O-])c1. The summed E-state index contributed by atoms with van der Waals surface area (Å²) in [5.74, 6) is -0.358. The number of nitrogens with zero attached hydrogens (tertiary/aromatic N) is 1. The normalized spacial score (nSPS) is 9.75. The van der Waals surface area contributed by atoms with Crippen LogP contribution in [-0.2, 0) is 4.79 Å². The maximum Gasteiger partial charge on any atom is 0.276 e. The van der Waals surface area contributed by atoms with Gasteiger partial charge in [0.05, 0.1) is 12.0 Å². The number of amides is 2. The highest BCUT2D eigenvalue weighted by Gasteiger charge is 2.13. The summed E-state index contributed by atoms with van der Waals surface area (Å²) in [6.45, 7) is -0.325. The minimum absolute atomic E-state index is 0.0455. The molecule has 0 saturated carbocycles. The van der Waals surface area contributed by atoms with E-state index in [-0.39, 0.29) is 23.0 Å². The Bertz CT molecular complexity index is 905. The topological polar surface area (TPSA) is 132 Å². The van der Waals surface area contributed by atoms with E-state index in [0.29, 0.717) is 11.5 Å². The zero-order valence-corrected chi connectivity index (χ0v) is 15.4. The van der Waals surface area contributed by atoms with Crippen LogP contribution >= 0.6 is 12.2 Å². The van der Waals surface area contributed by atoms with Crippen LogP contribution < -0.4 is 25.6 Å². The van der Waals surface area contributed by atoms with Crippen molar-refractivity contribution in [2.75, 3.05) is 13.7 Å². The van der Waals surface area contributed by atoms with E-state index >= 15 is 0 Å². The molecule has 2 aromatic rings. The van der Waals surface area contributed by atoms with Gasteiger partial charge in [-0.25, -0.2) is 0 Å². The first kappa shape index (κ1) is 20.6. The van der Waals surface area contributed by atoms with Crippen LogP contribution in [0, 0.1) is 10.1 Å². The van der Waals surface area contributed by atoms with Crippen LogP contribution in [-0.4, -0.2) is 35.6 Å². The molecule has 10 nitrogen and oxygen atoms in total. The van der Waals surface area contributed by atoms with Crippen molar-refractivity contribution in [2.45, 2.75) is 0 Å². The Labute approximate surface area is 164 Å². The van der Waals surface area contributed by atoms with Gasteiger partial charge in [-0.1, -0.05) is 18.2 Å². The van der Waals surface area contributed by atoms with Gasteiger partial charge < -0.3 is 9.47 Å². The molecule has 0 spiro atoms. The van der Waals surface area contributed by atoms with Gasteiger partial charge in [0.25, 0.3) is 17.5 Å². The maximum absolute atomic E-state index is 12.0. The third-order valence-corrected chi connectivity index (χ3v) is 3.49. The Morgan fingerprint density at radius 3 is 2.50 bits per heavy atom. The highest BCUT2D eigenvalue weighted by Crippen LogP contribution is 2.25. The van der Waals surface area contributed by atoms with Crippen LogP contribution in [0.4, 0.5) is 5.69 Å². The number of ether oxygens (including phenoxy) is 2. The van der Waals surface area contributed by atoms with Crippen LogP contribution in [0.2, 0.25) is 0 Å². The number of carbonyl (C=O) groups excluding carboxylic acids is 2. The van der Waals surface area contributed by atoms with Crippen LogP contribution in [0.3, 0.4) is 0 Å². The zero-order chi connectivity index (χ0) is 20.5. The molecule has 11 heteroatoms. The molecule has 0 saturated heterocycles. The number of hydrazine groups is 1. The number of hydrogen-bond donors (Lipinski definition) is 3. The molecule has 0 aliphatic heterocycles. The Hall–Kier alpha value is -3.73. The van der Waals surface area contributed by atoms with Crippen molar-refractivity contribution in [3.05, 3.63) is 64.2 Å². The summed E-state index contributed by atoms with van der Waals surface area (Å²) in [6.07, 6.45) is 0. The monoisotopic (exact) mass is 404 g/mol. The summed E-state index contributed by atoms with van der Waals surface area (Å²) in [5.41, 5.74) is 4.41. The summed E-state index contributed by atoms with van der Waals surface area (Å²) in [4.78, 5) is 34.0. The van der Waals surface area contributed by atoms with Crippen LogP contribution in [0.25, 0.3) is 0 Å². The molecule has 0 aliphatic rings. The van der Waals surface area contributed by atoms with Crippen LogP contribution in [0.1, 0.15) is 10.4 Å². The summed E-state index contributed by atoms with van der Waals surface area (Å²) in [6, 6.07) is 12.0. The smallest absolute Gasteiger partial charge is 0.276 e.